The van der Waals surface area contributed by atoms with Crippen LogP contribution < -0.4 is 16.2 Å². The summed E-state index contributed by atoms with van der Waals surface area (Å²) in [6.07, 6.45) is 4.06. The van der Waals surface area contributed by atoms with Crippen molar-refractivity contribution in [2.24, 2.45) is 5.73 Å². The molecule has 6 heteroatoms. The molecule has 1 fully saturated rings. The van der Waals surface area contributed by atoms with Crippen molar-refractivity contribution in [1.29, 1.82) is 0 Å². The van der Waals surface area contributed by atoms with Crippen LogP contribution in [0.1, 0.15) is 12.8 Å². The minimum atomic E-state index is -0.0909. The van der Waals surface area contributed by atoms with E-state index in [1.165, 1.54) is 4.68 Å². The quantitative estimate of drug-likeness (QED) is 0.804. The molecule has 1 aromatic heterocycles. The Morgan fingerprint density at radius 3 is 2.78 bits per heavy atom. The number of piperidine rings is 1. The Morgan fingerprint density at radius 1 is 1.50 bits per heavy atom. The van der Waals surface area contributed by atoms with Gasteiger partial charge in [-0.15, -0.1) is 0 Å². The van der Waals surface area contributed by atoms with Crippen LogP contribution in [0.2, 0.25) is 0 Å². The molecule has 0 amide bonds. The number of rotatable bonds is 4. The molecule has 1 aromatic rings. The van der Waals surface area contributed by atoms with Gasteiger partial charge in [0.15, 0.2) is 0 Å². The SMILES string of the molecule is COC1CCN(c2cnn(CCN)c(=O)c2)CC1. The molecule has 2 N–H and O–H groups in total. The molecule has 0 spiro atoms. The largest absolute Gasteiger partial charge is 0.381 e. The lowest BCUT2D eigenvalue weighted by Crippen LogP contribution is -2.38. The standard InChI is InChI=1S/C12H20N4O2/c1-18-11-2-5-15(6-3-11)10-8-12(17)16(7-4-13)14-9-10/h8-9,11H,2-7,13H2,1H3. The van der Waals surface area contributed by atoms with Gasteiger partial charge in [0.1, 0.15) is 0 Å². The van der Waals surface area contributed by atoms with E-state index in [1.807, 2.05) is 0 Å². The van der Waals surface area contributed by atoms with Gasteiger partial charge in [-0.25, -0.2) is 4.68 Å². The minimum Gasteiger partial charge on any atom is -0.381 e. The summed E-state index contributed by atoms with van der Waals surface area (Å²) in [4.78, 5) is 14.0. The van der Waals surface area contributed by atoms with Crippen LogP contribution in [0.5, 0.6) is 0 Å². The predicted octanol–water partition coefficient (Wildman–Crippen LogP) is -0.183. The molecule has 100 valence electrons. The second-order valence-electron chi connectivity index (χ2n) is 4.49. The molecule has 2 heterocycles. The van der Waals surface area contributed by atoms with Gasteiger partial charge in [-0.1, -0.05) is 0 Å². The van der Waals surface area contributed by atoms with Gasteiger partial charge in [-0.2, -0.15) is 5.10 Å². The summed E-state index contributed by atoms with van der Waals surface area (Å²) in [5, 5.41) is 4.13. The fourth-order valence-corrected chi connectivity index (χ4v) is 2.24. The van der Waals surface area contributed by atoms with E-state index >= 15 is 0 Å². The van der Waals surface area contributed by atoms with E-state index in [0.717, 1.165) is 31.6 Å². The van der Waals surface area contributed by atoms with E-state index in [0.29, 0.717) is 19.2 Å². The highest BCUT2D eigenvalue weighted by atomic mass is 16.5. The molecule has 0 bridgehead atoms. The molecule has 0 aromatic carbocycles. The van der Waals surface area contributed by atoms with Gasteiger partial charge < -0.3 is 15.4 Å². The molecule has 1 aliphatic rings. The van der Waals surface area contributed by atoms with Gasteiger partial charge in [0.05, 0.1) is 24.5 Å². The first-order chi connectivity index (χ1) is 8.74. The average molecular weight is 252 g/mol. The molecule has 0 radical (unpaired) electrons. The van der Waals surface area contributed by atoms with Gasteiger partial charge in [-0.05, 0) is 12.8 Å². The fourth-order valence-electron chi connectivity index (χ4n) is 2.24. The number of hydrogen-bond acceptors (Lipinski definition) is 5. The van der Waals surface area contributed by atoms with Crippen molar-refractivity contribution in [2.45, 2.75) is 25.5 Å². The van der Waals surface area contributed by atoms with Gasteiger partial charge >= 0.3 is 0 Å². The second-order valence-corrected chi connectivity index (χ2v) is 4.49. The van der Waals surface area contributed by atoms with Crippen molar-refractivity contribution in [1.82, 2.24) is 9.78 Å². The van der Waals surface area contributed by atoms with Crippen LogP contribution in [0.15, 0.2) is 17.1 Å². The van der Waals surface area contributed by atoms with Gasteiger partial charge in [0, 0.05) is 32.8 Å². The second kappa shape index (κ2) is 5.97. The van der Waals surface area contributed by atoms with Crippen molar-refractivity contribution >= 4 is 5.69 Å². The Morgan fingerprint density at radius 2 is 2.22 bits per heavy atom. The van der Waals surface area contributed by atoms with E-state index < -0.39 is 0 Å². The maximum Gasteiger partial charge on any atom is 0.268 e. The maximum atomic E-state index is 11.8. The lowest BCUT2D eigenvalue weighted by molar-refractivity contribution is 0.0819. The smallest absolute Gasteiger partial charge is 0.268 e. The maximum absolute atomic E-state index is 11.8. The number of aromatic nitrogens is 2. The van der Waals surface area contributed by atoms with Crippen LogP contribution in [-0.2, 0) is 11.3 Å². The summed E-state index contributed by atoms with van der Waals surface area (Å²) in [5.41, 5.74) is 6.22. The summed E-state index contributed by atoms with van der Waals surface area (Å²) in [5.74, 6) is 0. The van der Waals surface area contributed by atoms with Crippen LogP contribution in [0.25, 0.3) is 0 Å². The van der Waals surface area contributed by atoms with Crippen LogP contribution >= 0.6 is 0 Å². The van der Waals surface area contributed by atoms with E-state index in [-0.39, 0.29) is 5.56 Å². The molecule has 6 nitrogen and oxygen atoms in total. The van der Waals surface area contributed by atoms with Gasteiger partial charge in [-0.3, -0.25) is 4.79 Å². The highest BCUT2D eigenvalue weighted by Crippen LogP contribution is 2.18. The van der Waals surface area contributed by atoms with Crippen molar-refractivity contribution in [3.8, 4) is 0 Å². The Balaban J connectivity index is 2.06. The summed E-state index contributed by atoms with van der Waals surface area (Å²) in [6.45, 7) is 2.69. The fraction of sp³-hybridized carbons (Fsp3) is 0.667. The molecule has 0 saturated carbocycles. The van der Waals surface area contributed by atoms with E-state index in [1.54, 1.807) is 19.4 Å². The molecule has 0 aliphatic carbocycles. The first-order valence-corrected chi connectivity index (χ1v) is 6.29. The number of nitrogens with zero attached hydrogens (tertiary/aromatic N) is 3. The Labute approximate surface area is 106 Å². The van der Waals surface area contributed by atoms with E-state index in [9.17, 15) is 4.79 Å². The zero-order valence-electron chi connectivity index (χ0n) is 10.7. The van der Waals surface area contributed by atoms with Crippen molar-refractivity contribution in [3.05, 3.63) is 22.6 Å². The molecule has 0 atom stereocenters. The molecular weight excluding hydrogens is 232 g/mol. The first-order valence-electron chi connectivity index (χ1n) is 6.29. The molecule has 0 unspecified atom stereocenters. The third-order valence-electron chi connectivity index (χ3n) is 3.34. The third kappa shape index (κ3) is 2.88. The lowest BCUT2D eigenvalue weighted by Gasteiger charge is -2.32. The van der Waals surface area contributed by atoms with Crippen molar-refractivity contribution in [3.63, 3.8) is 0 Å². The monoisotopic (exact) mass is 252 g/mol. The summed E-state index contributed by atoms with van der Waals surface area (Å²) < 4.78 is 6.72. The van der Waals surface area contributed by atoms with Crippen LogP contribution in [0.3, 0.4) is 0 Å². The van der Waals surface area contributed by atoms with Crippen molar-refractivity contribution in [2.75, 3.05) is 31.6 Å². The Bertz CT molecular complexity index is 438. The number of anilines is 1. The van der Waals surface area contributed by atoms with Crippen LogP contribution in [-0.4, -0.2) is 42.6 Å². The highest BCUT2D eigenvalue weighted by Gasteiger charge is 2.19. The zero-order chi connectivity index (χ0) is 13.0. The average Bonchev–Trinajstić information content (AvgIpc) is 2.41. The van der Waals surface area contributed by atoms with E-state index in [4.69, 9.17) is 10.5 Å². The molecule has 1 aliphatic heterocycles. The molecule has 18 heavy (non-hydrogen) atoms. The molecular formula is C12H20N4O2. The predicted molar refractivity (Wildman–Crippen MR) is 69.8 cm³/mol. The minimum absolute atomic E-state index is 0.0909. The molecule has 1 saturated heterocycles. The van der Waals surface area contributed by atoms with Crippen LogP contribution in [0, 0.1) is 0 Å². The van der Waals surface area contributed by atoms with Crippen molar-refractivity contribution < 1.29 is 4.74 Å². The number of hydrogen-bond donors (Lipinski definition) is 1. The normalized spacial score (nSPS) is 17.1. The lowest BCUT2D eigenvalue weighted by atomic mass is 10.1. The first kappa shape index (κ1) is 13.0. The summed E-state index contributed by atoms with van der Waals surface area (Å²) in [7, 11) is 1.75. The van der Waals surface area contributed by atoms with E-state index in [2.05, 4.69) is 10.00 Å². The zero-order valence-corrected chi connectivity index (χ0v) is 10.7. The Kier molecular flexibility index (Phi) is 4.33. The van der Waals surface area contributed by atoms with Gasteiger partial charge in [0.25, 0.3) is 5.56 Å². The molecule has 2 rings (SSSR count). The Hall–Kier alpha value is -1.40. The number of ether oxygens (including phenoxy) is 1. The topological polar surface area (TPSA) is 73.4 Å². The number of nitrogens with two attached hydrogens (primary N) is 1. The highest BCUT2D eigenvalue weighted by molar-refractivity contribution is 5.43. The number of methoxy groups -OCH3 is 1. The summed E-state index contributed by atoms with van der Waals surface area (Å²) >= 11 is 0. The summed E-state index contributed by atoms with van der Waals surface area (Å²) in [6, 6.07) is 1.63. The third-order valence-corrected chi connectivity index (χ3v) is 3.34. The van der Waals surface area contributed by atoms with Gasteiger partial charge in [0.2, 0.25) is 0 Å². The van der Waals surface area contributed by atoms with Crippen LogP contribution in [0.4, 0.5) is 5.69 Å².